The van der Waals surface area contributed by atoms with Gasteiger partial charge in [-0.25, -0.2) is 0 Å². The van der Waals surface area contributed by atoms with Gasteiger partial charge in [0.2, 0.25) is 0 Å². The van der Waals surface area contributed by atoms with E-state index < -0.39 is 0 Å². The summed E-state index contributed by atoms with van der Waals surface area (Å²) in [6.45, 7) is 7.33. The predicted molar refractivity (Wildman–Crippen MR) is 71.7 cm³/mol. The van der Waals surface area contributed by atoms with Gasteiger partial charge in [-0.15, -0.1) is 0 Å². The Kier molecular flexibility index (Phi) is 5.19. The zero-order chi connectivity index (χ0) is 11.4. The van der Waals surface area contributed by atoms with Crippen LogP contribution in [-0.2, 0) is 6.54 Å². The molecule has 0 aromatic carbocycles. The smallest absolute Gasteiger partial charge is 0.0738 e. The van der Waals surface area contributed by atoms with Gasteiger partial charge in [0, 0.05) is 12.2 Å². The number of nitrogens with zero attached hydrogens (tertiary/aromatic N) is 2. The van der Waals surface area contributed by atoms with Crippen LogP contribution in [0.1, 0.15) is 31.2 Å². The summed E-state index contributed by atoms with van der Waals surface area (Å²) in [4.78, 5) is 0. The van der Waals surface area contributed by atoms with Crippen LogP contribution in [0.4, 0.5) is 0 Å². The first-order chi connectivity index (χ1) is 7.10. The highest BCUT2D eigenvalue weighted by Crippen LogP contribution is 2.21. The van der Waals surface area contributed by atoms with Crippen LogP contribution in [0.3, 0.4) is 0 Å². The van der Waals surface area contributed by atoms with Crippen molar-refractivity contribution in [2.24, 2.45) is 5.92 Å². The molecule has 1 heterocycles. The minimum atomic E-state index is 0.628. The SMILES string of the molecule is CCCC(CS)Cn1nc(C)c(Br)c1C. The molecule has 1 unspecified atom stereocenters. The van der Waals surface area contributed by atoms with Crippen molar-refractivity contribution in [3.63, 3.8) is 0 Å². The third kappa shape index (κ3) is 3.25. The van der Waals surface area contributed by atoms with Gasteiger partial charge >= 0.3 is 0 Å². The lowest BCUT2D eigenvalue weighted by molar-refractivity contribution is 0.420. The molecule has 4 heteroatoms. The van der Waals surface area contributed by atoms with Crippen molar-refractivity contribution >= 4 is 28.6 Å². The molecule has 0 aliphatic heterocycles. The predicted octanol–water partition coefficient (Wildman–Crippen LogP) is 3.61. The quantitative estimate of drug-likeness (QED) is 0.821. The molecule has 1 aromatic heterocycles. The Labute approximate surface area is 106 Å². The van der Waals surface area contributed by atoms with E-state index in [2.05, 4.69) is 52.2 Å². The summed E-state index contributed by atoms with van der Waals surface area (Å²) in [6, 6.07) is 0. The van der Waals surface area contributed by atoms with E-state index in [1.165, 1.54) is 18.5 Å². The van der Waals surface area contributed by atoms with Crippen molar-refractivity contribution < 1.29 is 0 Å². The van der Waals surface area contributed by atoms with Crippen LogP contribution in [0.25, 0.3) is 0 Å². The van der Waals surface area contributed by atoms with E-state index >= 15 is 0 Å². The van der Waals surface area contributed by atoms with Crippen molar-refractivity contribution in [1.82, 2.24) is 9.78 Å². The topological polar surface area (TPSA) is 17.8 Å². The number of hydrogen-bond acceptors (Lipinski definition) is 2. The summed E-state index contributed by atoms with van der Waals surface area (Å²) in [5.74, 6) is 1.56. The molecule has 1 aromatic rings. The average molecular weight is 291 g/mol. The van der Waals surface area contributed by atoms with E-state index in [0.29, 0.717) is 5.92 Å². The molecule has 0 bridgehead atoms. The number of aryl methyl sites for hydroxylation is 1. The lowest BCUT2D eigenvalue weighted by Crippen LogP contribution is -2.14. The fraction of sp³-hybridized carbons (Fsp3) is 0.727. The molecule has 86 valence electrons. The highest BCUT2D eigenvalue weighted by atomic mass is 79.9. The second-order valence-electron chi connectivity index (χ2n) is 4.00. The Morgan fingerprint density at radius 3 is 2.53 bits per heavy atom. The van der Waals surface area contributed by atoms with Crippen molar-refractivity contribution in [1.29, 1.82) is 0 Å². The zero-order valence-corrected chi connectivity index (χ0v) is 12.1. The van der Waals surface area contributed by atoms with Gasteiger partial charge in [0.1, 0.15) is 0 Å². The van der Waals surface area contributed by atoms with Gasteiger partial charge in [-0.05, 0) is 47.9 Å². The Bertz CT molecular complexity index is 323. The van der Waals surface area contributed by atoms with E-state index in [0.717, 1.165) is 22.5 Å². The minimum absolute atomic E-state index is 0.628. The standard InChI is InChI=1S/C11H19BrN2S/c1-4-5-10(7-15)6-14-9(3)11(12)8(2)13-14/h10,15H,4-7H2,1-3H3. The number of hydrogen-bond donors (Lipinski definition) is 1. The average Bonchev–Trinajstić information content (AvgIpc) is 2.46. The summed E-state index contributed by atoms with van der Waals surface area (Å²) >= 11 is 7.94. The molecule has 0 saturated carbocycles. The van der Waals surface area contributed by atoms with Gasteiger partial charge in [0.25, 0.3) is 0 Å². The lowest BCUT2D eigenvalue weighted by Gasteiger charge is -2.14. The molecular formula is C11H19BrN2S. The minimum Gasteiger partial charge on any atom is -0.268 e. The molecule has 1 rings (SSSR count). The summed E-state index contributed by atoms with van der Waals surface area (Å²) in [5.41, 5.74) is 2.29. The first-order valence-electron chi connectivity index (χ1n) is 5.40. The highest BCUT2D eigenvalue weighted by molar-refractivity contribution is 9.10. The van der Waals surface area contributed by atoms with Gasteiger partial charge in [-0.2, -0.15) is 17.7 Å². The van der Waals surface area contributed by atoms with Crippen LogP contribution >= 0.6 is 28.6 Å². The first-order valence-corrected chi connectivity index (χ1v) is 6.83. The van der Waals surface area contributed by atoms with Crippen LogP contribution in [0, 0.1) is 19.8 Å². The molecule has 2 nitrogen and oxygen atoms in total. The third-order valence-corrected chi connectivity index (χ3v) is 4.34. The van der Waals surface area contributed by atoms with Crippen LogP contribution in [0.5, 0.6) is 0 Å². The number of halogens is 1. The zero-order valence-electron chi connectivity index (χ0n) is 9.63. The third-order valence-electron chi connectivity index (χ3n) is 2.68. The van der Waals surface area contributed by atoms with E-state index in [1.807, 2.05) is 6.92 Å². The second kappa shape index (κ2) is 5.94. The van der Waals surface area contributed by atoms with Crippen LogP contribution in [0.2, 0.25) is 0 Å². The van der Waals surface area contributed by atoms with Crippen molar-refractivity contribution in [2.75, 3.05) is 5.75 Å². The fourth-order valence-corrected chi connectivity index (χ4v) is 2.33. The molecule has 0 radical (unpaired) electrons. The van der Waals surface area contributed by atoms with Gasteiger partial charge in [0.05, 0.1) is 10.2 Å². The van der Waals surface area contributed by atoms with Crippen LogP contribution in [0.15, 0.2) is 4.47 Å². The summed E-state index contributed by atoms with van der Waals surface area (Å²) in [7, 11) is 0. The molecule has 1 atom stereocenters. The number of aromatic nitrogens is 2. The maximum Gasteiger partial charge on any atom is 0.0738 e. The Hall–Kier alpha value is 0.0400. The Morgan fingerprint density at radius 2 is 2.13 bits per heavy atom. The lowest BCUT2D eigenvalue weighted by atomic mass is 10.1. The highest BCUT2D eigenvalue weighted by Gasteiger charge is 2.12. The summed E-state index contributed by atoms with van der Waals surface area (Å²) in [5, 5.41) is 4.52. The van der Waals surface area contributed by atoms with Gasteiger partial charge in [-0.1, -0.05) is 13.3 Å². The molecule has 0 saturated heterocycles. The van der Waals surface area contributed by atoms with E-state index in [9.17, 15) is 0 Å². The van der Waals surface area contributed by atoms with Crippen molar-refractivity contribution in [3.8, 4) is 0 Å². The Balaban J connectivity index is 2.74. The summed E-state index contributed by atoms with van der Waals surface area (Å²) in [6.07, 6.45) is 2.44. The van der Waals surface area contributed by atoms with Crippen molar-refractivity contribution in [3.05, 3.63) is 15.9 Å². The molecule has 0 fully saturated rings. The van der Waals surface area contributed by atoms with E-state index in [4.69, 9.17) is 0 Å². The second-order valence-corrected chi connectivity index (χ2v) is 5.16. The fourth-order valence-electron chi connectivity index (χ4n) is 1.75. The monoisotopic (exact) mass is 290 g/mol. The Morgan fingerprint density at radius 1 is 1.47 bits per heavy atom. The van der Waals surface area contributed by atoms with Crippen LogP contribution in [-0.4, -0.2) is 15.5 Å². The van der Waals surface area contributed by atoms with Crippen molar-refractivity contribution in [2.45, 2.75) is 40.2 Å². The molecular weight excluding hydrogens is 272 g/mol. The summed E-state index contributed by atoms with van der Waals surface area (Å²) < 4.78 is 3.23. The molecule has 0 aliphatic carbocycles. The first kappa shape index (κ1) is 13.1. The molecule has 15 heavy (non-hydrogen) atoms. The molecule has 0 amide bonds. The molecule has 0 aliphatic rings. The maximum atomic E-state index is 4.52. The number of rotatable bonds is 5. The van der Waals surface area contributed by atoms with Gasteiger partial charge < -0.3 is 0 Å². The van der Waals surface area contributed by atoms with Crippen LogP contribution < -0.4 is 0 Å². The normalized spacial score (nSPS) is 13.1. The van der Waals surface area contributed by atoms with Gasteiger partial charge in [-0.3, -0.25) is 4.68 Å². The molecule has 0 N–H and O–H groups in total. The van der Waals surface area contributed by atoms with E-state index in [-0.39, 0.29) is 0 Å². The maximum absolute atomic E-state index is 4.52. The van der Waals surface area contributed by atoms with E-state index in [1.54, 1.807) is 0 Å². The van der Waals surface area contributed by atoms with Gasteiger partial charge in [0.15, 0.2) is 0 Å². The largest absolute Gasteiger partial charge is 0.268 e. The number of thiol groups is 1. The molecule has 0 spiro atoms.